The van der Waals surface area contributed by atoms with Crippen LogP contribution in [0.2, 0.25) is 0 Å². The van der Waals surface area contributed by atoms with E-state index in [2.05, 4.69) is 9.47 Å². The van der Waals surface area contributed by atoms with Gasteiger partial charge in [0.1, 0.15) is 18.3 Å². The summed E-state index contributed by atoms with van der Waals surface area (Å²) < 4.78 is 187. The monoisotopic (exact) mass is 684 g/mol. The van der Waals surface area contributed by atoms with Gasteiger partial charge in [-0.3, -0.25) is 4.55 Å². The van der Waals surface area contributed by atoms with Crippen LogP contribution in [0.1, 0.15) is 32.1 Å². The maximum Gasteiger partial charge on any atom is 0.490 e. The second kappa shape index (κ2) is 10.8. The number of rotatable bonds is 7. The van der Waals surface area contributed by atoms with Crippen molar-refractivity contribution in [3.05, 3.63) is 0 Å². The fraction of sp³-hybridized carbons (Fsp3) is 0.864. The highest BCUT2D eigenvalue weighted by molar-refractivity contribution is 7.88. The van der Waals surface area contributed by atoms with Gasteiger partial charge >= 0.3 is 51.6 Å². The number of carbonyl (C=O) groups excluding carboxylic acids is 3. The zero-order chi connectivity index (χ0) is 33.3. The molecule has 4 bridgehead atoms. The van der Waals surface area contributed by atoms with Crippen LogP contribution in [0.15, 0.2) is 0 Å². The van der Waals surface area contributed by atoms with Gasteiger partial charge in [0, 0.05) is 17.8 Å². The van der Waals surface area contributed by atoms with Crippen molar-refractivity contribution in [1.82, 2.24) is 0 Å². The summed E-state index contributed by atoms with van der Waals surface area (Å²) in [6.07, 6.45) is -19.8. The first-order valence-electron chi connectivity index (χ1n) is 12.6. The Morgan fingerprint density at radius 1 is 0.795 bits per heavy atom. The lowest BCUT2D eigenvalue weighted by atomic mass is 9.51. The van der Waals surface area contributed by atoms with Crippen LogP contribution in [-0.4, -0.2) is 91.7 Å². The summed E-state index contributed by atoms with van der Waals surface area (Å²) >= 11 is 0. The summed E-state index contributed by atoms with van der Waals surface area (Å²) in [5.41, 5.74) is -1.92. The predicted molar refractivity (Wildman–Crippen MR) is 115 cm³/mol. The summed E-state index contributed by atoms with van der Waals surface area (Å²) in [4.78, 5) is 34.8. The van der Waals surface area contributed by atoms with Gasteiger partial charge in [0.05, 0.1) is 13.2 Å². The van der Waals surface area contributed by atoms with Crippen molar-refractivity contribution < 1.29 is 94.9 Å². The van der Waals surface area contributed by atoms with Crippen LogP contribution in [0.3, 0.4) is 0 Å². The molecular weight excluding hydrogens is 662 g/mol. The quantitative estimate of drug-likeness (QED) is 0.182. The molecule has 1 heterocycles. The molecule has 1 spiro atoms. The fourth-order valence-electron chi connectivity index (χ4n) is 6.58. The van der Waals surface area contributed by atoms with E-state index in [0.29, 0.717) is 0 Å². The van der Waals surface area contributed by atoms with E-state index in [9.17, 15) is 66.7 Å². The van der Waals surface area contributed by atoms with Crippen molar-refractivity contribution in [2.45, 2.75) is 73.1 Å². The largest absolute Gasteiger partial charge is 0.490 e. The van der Waals surface area contributed by atoms with Gasteiger partial charge in [0.2, 0.25) is 0 Å². The van der Waals surface area contributed by atoms with Crippen molar-refractivity contribution in [3.63, 3.8) is 0 Å². The molecule has 0 radical (unpaired) electrons. The normalized spacial score (nSPS) is 35.2. The SMILES string of the molecule is O=C(OCC1COC2(OC1COC(=O)C(F)(F)F)C1CC3CC2CC(OC(=O)C(F)(C(F)(F)F)S(=O)(=O)O)(C3)C1)C(F)(F)F. The summed E-state index contributed by atoms with van der Waals surface area (Å²) in [6.45, 7) is -2.94. The number of hydrogen-bond acceptors (Lipinski definition) is 10. The van der Waals surface area contributed by atoms with E-state index in [0.717, 1.165) is 0 Å². The third-order valence-corrected chi connectivity index (χ3v) is 9.33. The standard InChI is InChI=1S/C22H22F10O11S/c23-19(22(30,31)32,44(36,37)38)14(33)43-17-3-9-1-11(4-17)18(12(2-9)5-17)41-7-10(6-39-15(34)20(24,25)26)13(42-18)8-40-16(35)21(27,28)29/h9-13H,1-8H2,(H,36,37,38). The van der Waals surface area contributed by atoms with Crippen LogP contribution in [0.4, 0.5) is 43.9 Å². The van der Waals surface area contributed by atoms with Gasteiger partial charge in [-0.1, -0.05) is 0 Å². The topological polar surface area (TPSA) is 152 Å². The van der Waals surface area contributed by atoms with E-state index in [1.807, 2.05) is 0 Å². The van der Waals surface area contributed by atoms with E-state index in [1.54, 1.807) is 0 Å². The molecule has 44 heavy (non-hydrogen) atoms. The number of halogens is 10. The molecule has 4 saturated carbocycles. The Hall–Kier alpha value is -2.46. The first-order valence-corrected chi connectivity index (χ1v) is 14.0. The summed E-state index contributed by atoms with van der Waals surface area (Å²) in [5, 5.41) is -5.83. The van der Waals surface area contributed by atoms with Crippen LogP contribution >= 0.6 is 0 Å². The molecule has 1 aliphatic heterocycles. The van der Waals surface area contributed by atoms with Gasteiger partial charge in [-0.2, -0.15) is 47.9 Å². The van der Waals surface area contributed by atoms with Crippen LogP contribution in [0, 0.1) is 23.7 Å². The summed E-state index contributed by atoms with van der Waals surface area (Å²) in [7, 11) is -6.73. The Morgan fingerprint density at radius 2 is 1.30 bits per heavy atom. The molecule has 4 aliphatic carbocycles. The van der Waals surface area contributed by atoms with Gasteiger partial charge in [0.25, 0.3) is 0 Å². The molecule has 0 aromatic rings. The molecule has 5 rings (SSSR count). The molecular formula is C22H22F10O11S. The van der Waals surface area contributed by atoms with E-state index < -0.39 is 125 Å². The number of carbonyl (C=O) groups is 3. The van der Waals surface area contributed by atoms with E-state index in [-0.39, 0.29) is 19.3 Å². The zero-order valence-electron chi connectivity index (χ0n) is 21.8. The van der Waals surface area contributed by atoms with Crippen molar-refractivity contribution in [2.75, 3.05) is 19.8 Å². The lowest BCUT2D eigenvalue weighted by Gasteiger charge is -2.65. The van der Waals surface area contributed by atoms with Gasteiger partial charge in [-0.25, -0.2) is 18.8 Å². The molecule has 5 atom stereocenters. The van der Waals surface area contributed by atoms with E-state index in [4.69, 9.17) is 18.8 Å². The highest BCUT2D eigenvalue weighted by atomic mass is 32.2. The van der Waals surface area contributed by atoms with Gasteiger partial charge in [-0.15, -0.1) is 0 Å². The maximum absolute atomic E-state index is 14.6. The molecule has 5 aliphatic rings. The third-order valence-electron chi connectivity index (χ3n) is 8.22. The lowest BCUT2D eigenvalue weighted by Crippen LogP contribution is -2.70. The number of hydrogen-bond donors (Lipinski definition) is 1. The Morgan fingerprint density at radius 3 is 1.75 bits per heavy atom. The Bertz CT molecular complexity index is 1260. The minimum Gasteiger partial charge on any atom is -0.459 e. The van der Waals surface area contributed by atoms with Crippen LogP contribution < -0.4 is 0 Å². The van der Waals surface area contributed by atoms with E-state index in [1.165, 1.54) is 0 Å². The second-order valence-electron chi connectivity index (χ2n) is 11.1. The average Bonchev–Trinajstić information content (AvgIpc) is 2.85. The van der Waals surface area contributed by atoms with Crippen molar-refractivity contribution in [2.24, 2.45) is 23.7 Å². The molecule has 0 amide bonds. The van der Waals surface area contributed by atoms with Gasteiger partial charge in [-0.05, 0) is 38.0 Å². The molecule has 22 heteroatoms. The number of alkyl halides is 10. The molecule has 11 nitrogen and oxygen atoms in total. The van der Waals surface area contributed by atoms with Gasteiger partial charge < -0.3 is 23.7 Å². The minimum absolute atomic E-state index is 0.136. The van der Waals surface area contributed by atoms with Crippen LogP contribution in [0.25, 0.3) is 0 Å². The molecule has 5 fully saturated rings. The van der Waals surface area contributed by atoms with Crippen molar-refractivity contribution in [3.8, 4) is 0 Å². The summed E-state index contributed by atoms with van der Waals surface area (Å²) in [6, 6.07) is 0. The van der Waals surface area contributed by atoms with Crippen LogP contribution in [-0.2, 0) is 48.2 Å². The molecule has 5 unspecified atom stereocenters. The predicted octanol–water partition coefficient (Wildman–Crippen LogP) is 3.16. The highest BCUT2D eigenvalue weighted by Gasteiger charge is 2.75. The van der Waals surface area contributed by atoms with Gasteiger partial charge in [0.15, 0.2) is 5.79 Å². The van der Waals surface area contributed by atoms with Crippen molar-refractivity contribution in [1.29, 1.82) is 0 Å². The van der Waals surface area contributed by atoms with Crippen LogP contribution in [0.5, 0.6) is 0 Å². The first-order chi connectivity index (χ1) is 19.8. The lowest BCUT2D eigenvalue weighted by molar-refractivity contribution is -0.403. The Balaban J connectivity index is 1.57. The number of esters is 3. The Labute approximate surface area is 240 Å². The molecule has 1 N–H and O–H groups in total. The molecule has 0 aromatic carbocycles. The third kappa shape index (κ3) is 6.05. The molecule has 1 saturated heterocycles. The molecule has 0 aromatic heterocycles. The maximum atomic E-state index is 14.6. The Kier molecular flexibility index (Phi) is 8.46. The fourth-order valence-corrected chi connectivity index (χ4v) is 7.12. The minimum atomic E-state index is -6.73. The van der Waals surface area contributed by atoms with E-state index >= 15 is 0 Å². The average molecular weight is 684 g/mol. The number of ether oxygens (including phenoxy) is 5. The highest BCUT2D eigenvalue weighted by Crippen LogP contribution is 2.64. The smallest absolute Gasteiger partial charge is 0.459 e. The zero-order valence-corrected chi connectivity index (χ0v) is 22.6. The molecule has 252 valence electrons. The second-order valence-corrected chi connectivity index (χ2v) is 12.6. The van der Waals surface area contributed by atoms with Crippen molar-refractivity contribution >= 4 is 28.0 Å². The first kappa shape index (κ1) is 34.4. The summed E-state index contributed by atoms with van der Waals surface area (Å²) in [5.74, 6) is -13.9.